The first-order chi connectivity index (χ1) is 7.99. The monoisotopic (exact) mass is 255 g/mol. The largest absolute Gasteiger partial charge is 0.497 e. The van der Waals surface area contributed by atoms with Gasteiger partial charge in [-0.3, -0.25) is 0 Å². The number of ether oxygens (including phenoxy) is 1. The van der Waals surface area contributed by atoms with Crippen LogP contribution in [0.25, 0.3) is 0 Å². The molecule has 0 aromatic heterocycles. The van der Waals surface area contributed by atoms with E-state index in [1.165, 1.54) is 6.26 Å². The van der Waals surface area contributed by atoms with Gasteiger partial charge in [0.05, 0.1) is 12.4 Å². The SMILES string of the molecule is COc1ccc(C2C(CN)C2S(C)(=O)=O)cc1. The van der Waals surface area contributed by atoms with Crippen LogP contribution in [0.15, 0.2) is 24.3 Å². The Bertz CT molecular complexity index is 495. The minimum Gasteiger partial charge on any atom is -0.497 e. The maximum Gasteiger partial charge on any atom is 0.151 e. The van der Waals surface area contributed by atoms with Gasteiger partial charge in [0.15, 0.2) is 9.84 Å². The summed E-state index contributed by atoms with van der Waals surface area (Å²) in [6.45, 7) is 0.411. The van der Waals surface area contributed by atoms with E-state index in [1.54, 1.807) is 7.11 Å². The quantitative estimate of drug-likeness (QED) is 0.863. The number of hydrogen-bond donors (Lipinski definition) is 1. The Hall–Kier alpha value is -1.07. The van der Waals surface area contributed by atoms with Crippen molar-refractivity contribution in [2.45, 2.75) is 11.2 Å². The fraction of sp³-hybridized carbons (Fsp3) is 0.500. The molecule has 94 valence electrons. The molecule has 3 atom stereocenters. The first-order valence-corrected chi connectivity index (χ1v) is 7.47. The Kier molecular flexibility index (Phi) is 3.14. The highest BCUT2D eigenvalue weighted by molar-refractivity contribution is 7.91. The van der Waals surface area contributed by atoms with Gasteiger partial charge in [0.1, 0.15) is 5.75 Å². The van der Waals surface area contributed by atoms with Gasteiger partial charge in [-0.05, 0) is 30.2 Å². The van der Waals surface area contributed by atoms with E-state index in [0.29, 0.717) is 6.54 Å². The molecule has 17 heavy (non-hydrogen) atoms. The molecule has 2 rings (SSSR count). The summed E-state index contributed by atoms with van der Waals surface area (Å²) < 4.78 is 28.3. The van der Waals surface area contributed by atoms with Crippen LogP contribution in [-0.4, -0.2) is 33.6 Å². The second-order valence-electron chi connectivity index (χ2n) is 4.49. The minimum atomic E-state index is -3.02. The van der Waals surface area contributed by atoms with E-state index >= 15 is 0 Å². The van der Waals surface area contributed by atoms with Crippen LogP contribution < -0.4 is 10.5 Å². The Morgan fingerprint density at radius 3 is 2.24 bits per heavy atom. The van der Waals surface area contributed by atoms with Crippen LogP contribution >= 0.6 is 0 Å². The fourth-order valence-electron chi connectivity index (χ4n) is 2.47. The van der Waals surface area contributed by atoms with Gasteiger partial charge < -0.3 is 10.5 Å². The van der Waals surface area contributed by atoms with Crippen molar-refractivity contribution in [3.05, 3.63) is 29.8 Å². The summed E-state index contributed by atoms with van der Waals surface area (Å²) in [5.41, 5.74) is 6.64. The number of methoxy groups -OCH3 is 1. The van der Waals surface area contributed by atoms with Crippen molar-refractivity contribution in [3.8, 4) is 5.75 Å². The lowest BCUT2D eigenvalue weighted by atomic mass is 10.1. The number of sulfone groups is 1. The zero-order chi connectivity index (χ0) is 12.6. The van der Waals surface area contributed by atoms with E-state index in [-0.39, 0.29) is 17.1 Å². The molecule has 0 heterocycles. The molecule has 2 N–H and O–H groups in total. The highest BCUT2D eigenvalue weighted by Crippen LogP contribution is 2.51. The van der Waals surface area contributed by atoms with E-state index in [0.717, 1.165) is 11.3 Å². The molecule has 0 amide bonds. The van der Waals surface area contributed by atoms with Crippen molar-refractivity contribution in [1.82, 2.24) is 0 Å². The van der Waals surface area contributed by atoms with Crippen molar-refractivity contribution < 1.29 is 13.2 Å². The summed E-state index contributed by atoms with van der Waals surface area (Å²) in [4.78, 5) is 0. The number of benzene rings is 1. The Morgan fingerprint density at radius 1 is 1.29 bits per heavy atom. The van der Waals surface area contributed by atoms with Gasteiger partial charge in [0.2, 0.25) is 0 Å². The molecule has 4 nitrogen and oxygen atoms in total. The summed E-state index contributed by atoms with van der Waals surface area (Å²) in [7, 11) is -1.41. The molecule has 1 aliphatic rings. The van der Waals surface area contributed by atoms with Gasteiger partial charge in [-0.2, -0.15) is 0 Å². The normalized spacial score (nSPS) is 27.8. The van der Waals surface area contributed by atoms with Gasteiger partial charge in [0.25, 0.3) is 0 Å². The number of rotatable bonds is 4. The minimum absolute atomic E-state index is 0.0425. The molecule has 5 heteroatoms. The van der Waals surface area contributed by atoms with E-state index in [1.807, 2.05) is 24.3 Å². The summed E-state index contributed by atoms with van der Waals surface area (Å²) in [5, 5.41) is -0.319. The highest BCUT2D eigenvalue weighted by Gasteiger charge is 2.55. The van der Waals surface area contributed by atoms with Crippen LogP contribution in [0.1, 0.15) is 11.5 Å². The zero-order valence-corrected chi connectivity index (χ0v) is 10.8. The lowest BCUT2D eigenvalue weighted by Crippen LogP contribution is -2.11. The van der Waals surface area contributed by atoms with Crippen LogP contribution in [0.2, 0.25) is 0 Å². The summed E-state index contributed by atoms with van der Waals surface area (Å²) in [6.07, 6.45) is 1.28. The third-order valence-corrected chi connectivity index (χ3v) is 5.00. The molecule has 0 aliphatic heterocycles. The summed E-state index contributed by atoms with van der Waals surface area (Å²) >= 11 is 0. The molecule has 0 spiro atoms. The Balaban J connectivity index is 2.23. The van der Waals surface area contributed by atoms with Crippen LogP contribution in [0.4, 0.5) is 0 Å². The maximum atomic E-state index is 11.6. The van der Waals surface area contributed by atoms with Crippen molar-refractivity contribution in [2.75, 3.05) is 19.9 Å². The predicted molar refractivity (Wildman–Crippen MR) is 66.9 cm³/mol. The van der Waals surface area contributed by atoms with E-state index < -0.39 is 9.84 Å². The Labute approximate surface area is 102 Å². The van der Waals surface area contributed by atoms with Gasteiger partial charge >= 0.3 is 0 Å². The lowest BCUT2D eigenvalue weighted by Gasteiger charge is -2.02. The fourth-order valence-corrected chi connectivity index (χ4v) is 4.19. The van der Waals surface area contributed by atoms with Gasteiger partial charge in [-0.1, -0.05) is 12.1 Å². The standard InChI is InChI=1S/C12H17NO3S/c1-16-9-5-3-8(4-6-9)11-10(7-13)12(11)17(2,14)15/h3-6,10-12H,7,13H2,1-2H3. The molecule has 1 aromatic rings. The predicted octanol–water partition coefficient (Wildman–Crippen LogP) is 0.780. The lowest BCUT2D eigenvalue weighted by molar-refractivity contribution is 0.414. The van der Waals surface area contributed by atoms with Crippen molar-refractivity contribution in [2.24, 2.45) is 11.7 Å². The first-order valence-electron chi connectivity index (χ1n) is 5.52. The second kappa shape index (κ2) is 4.31. The third kappa shape index (κ3) is 2.30. The molecule has 3 unspecified atom stereocenters. The number of hydrogen-bond acceptors (Lipinski definition) is 4. The van der Waals surface area contributed by atoms with Gasteiger partial charge in [-0.25, -0.2) is 8.42 Å². The maximum absolute atomic E-state index is 11.6. The van der Waals surface area contributed by atoms with Crippen LogP contribution in [-0.2, 0) is 9.84 Å². The van der Waals surface area contributed by atoms with Crippen LogP contribution in [0, 0.1) is 5.92 Å². The second-order valence-corrected chi connectivity index (χ2v) is 6.70. The average Bonchev–Trinajstić information content (AvgIpc) is 3.03. The zero-order valence-electron chi connectivity index (χ0n) is 9.96. The first kappa shape index (κ1) is 12.4. The average molecular weight is 255 g/mol. The van der Waals surface area contributed by atoms with E-state index in [4.69, 9.17) is 10.5 Å². The molecule has 0 bridgehead atoms. The molecule has 0 saturated heterocycles. The van der Waals surface area contributed by atoms with Crippen LogP contribution in [0.5, 0.6) is 5.75 Å². The molecular weight excluding hydrogens is 238 g/mol. The molecule has 1 aliphatic carbocycles. The molecule has 1 fully saturated rings. The molecule has 0 radical (unpaired) electrons. The van der Waals surface area contributed by atoms with Gasteiger partial charge in [0, 0.05) is 12.2 Å². The topological polar surface area (TPSA) is 69.4 Å². The molecule has 1 saturated carbocycles. The van der Waals surface area contributed by atoms with Crippen molar-refractivity contribution >= 4 is 9.84 Å². The summed E-state index contributed by atoms with van der Waals surface area (Å²) in [6, 6.07) is 7.52. The van der Waals surface area contributed by atoms with Crippen LogP contribution in [0.3, 0.4) is 0 Å². The van der Waals surface area contributed by atoms with E-state index in [2.05, 4.69) is 0 Å². The molecule has 1 aromatic carbocycles. The highest BCUT2D eigenvalue weighted by atomic mass is 32.2. The number of nitrogens with two attached hydrogens (primary N) is 1. The Morgan fingerprint density at radius 2 is 1.88 bits per heavy atom. The molecular formula is C12H17NO3S. The van der Waals surface area contributed by atoms with Gasteiger partial charge in [-0.15, -0.1) is 0 Å². The van der Waals surface area contributed by atoms with E-state index in [9.17, 15) is 8.42 Å². The van der Waals surface area contributed by atoms with Crippen molar-refractivity contribution in [3.63, 3.8) is 0 Å². The smallest absolute Gasteiger partial charge is 0.151 e. The third-order valence-electron chi connectivity index (χ3n) is 3.36. The summed E-state index contributed by atoms with van der Waals surface area (Å²) in [5.74, 6) is 0.869. The van der Waals surface area contributed by atoms with Crippen molar-refractivity contribution in [1.29, 1.82) is 0 Å².